The molecule has 1 N–H and O–H groups in total. The Morgan fingerprint density at radius 3 is 2.54 bits per heavy atom. The summed E-state index contributed by atoms with van der Waals surface area (Å²) < 4.78 is 13.2. The van der Waals surface area contributed by atoms with E-state index in [9.17, 15) is 14.0 Å². The third-order valence-electron chi connectivity index (χ3n) is 4.61. The summed E-state index contributed by atoms with van der Waals surface area (Å²) in [5.74, 6) is -0.832. The highest BCUT2D eigenvalue weighted by molar-refractivity contribution is 6.31. The first kappa shape index (κ1) is 18.4. The van der Waals surface area contributed by atoms with Crippen LogP contribution in [0.4, 0.5) is 10.1 Å². The summed E-state index contributed by atoms with van der Waals surface area (Å²) in [4.78, 5) is 26.8. The molecule has 26 heavy (non-hydrogen) atoms. The van der Waals surface area contributed by atoms with Gasteiger partial charge >= 0.3 is 0 Å². The SMILES string of the molecule is Cc1cccc(C(=O)N2CCC(C(=O)Nc3ccc(F)c(Cl)c3)CC2)c1. The lowest BCUT2D eigenvalue weighted by atomic mass is 9.95. The van der Waals surface area contributed by atoms with Gasteiger partial charge < -0.3 is 10.2 Å². The molecule has 2 aromatic carbocycles. The third kappa shape index (κ3) is 4.22. The summed E-state index contributed by atoms with van der Waals surface area (Å²) in [6, 6.07) is 11.6. The average molecular weight is 375 g/mol. The molecule has 6 heteroatoms. The Morgan fingerprint density at radius 2 is 1.88 bits per heavy atom. The molecule has 0 aliphatic carbocycles. The molecular formula is C20H20ClFN2O2. The van der Waals surface area contributed by atoms with Crippen LogP contribution in [0.25, 0.3) is 0 Å². The smallest absolute Gasteiger partial charge is 0.253 e. The van der Waals surface area contributed by atoms with Crippen molar-refractivity contribution in [3.63, 3.8) is 0 Å². The monoisotopic (exact) mass is 374 g/mol. The van der Waals surface area contributed by atoms with Crippen molar-refractivity contribution in [1.29, 1.82) is 0 Å². The normalized spacial score (nSPS) is 15.0. The summed E-state index contributed by atoms with van der Waals surface area (Å²) in [7, 11) is 0. The van der Waals surface area contributed by atoms with Crippen molar-refractivity contribution in [3.05, 3.63) is 64.4 Å². The first-order valence-corrected chi connectivity index (χ1v) is 8.93. The minimum atomic E-state index is -0.521. The van der Waals surface area contributed by atoms with Crippen LogP contribution in [0.15, 0.2) is 42.5 Å². The predicted octanol–water partition coefficient (Wildman–Crippen LogP) is 4.28. The maximum atomic E-state index is 13.2. The summed E-state index contributed by atoms with van der Waals surface area (Å²) in [5, 5.41) is 2.74. The van der Waals surface area contributed by atoms with E-state index in [-0.39, 0.29) is 22.8 Å². The van der Waals surface area contributed by atoms with Crippen molar-refractivity contribution in [2.45, 2.75) is 19.8 Å². The zero-order chi connectivity index (χ0) is 18.7. The number of hydrogen-bond donors (Lipinski definition) is 1. The Kier molecular flexibility index (Phi) is 5.57. The summed E-state index contributed by atoms with van der Waals surface area (Å²) in [6.07, 6.45) is 1.19. The summed E-state index contributed by atoms with van der Waals surface area (Å²) >= 11 is 5.74. The van der Waals surface area contributed by atoms with E-state index in [4.69, 9.17) is 11.6 Å². The summed E-state index contributed by atoms with van der Waals surface area (Å²) in [5.41, 5.74) is 2.19. The predicted molar refractivity (Wildman–Crippen MR) is 99.8 cm³/mol. The highest BCUT2D eigenvalue weighted by Crippen LogP contribution is 2.23. The number of nitrogens with one attached hydrogen (secondary N) is 1. The van der Waals surface area contributed by atoms with Crippen LogP contribution in [0, 0.1) is 18.7 Å². The van der Waals surface area contributed by atoms with Crippen LogP contribution in [0.5, 0.6) is 0 Å². The van der Waals surface area contributed by atoms with Gasteiger partial charge in [0.15, 0.2) is 0 Å². The number of rotatable bonds is 3. The molecule has 4 nitrogen and oxygen atoms in total. The van der Waals surface area contributed by atoms with E-state index < -0.39 is 5.82 Å². The Hall–Kier alpha value is -2.40. The van der Waals surface area contributed by atoms with Gasteiger partial charge in [0.05, 0.1) is 5.02 Å². The number of carbonyl (C=O) groups excluding carboxylic acids is 2. The molecule has 3 rings (SSSR count). The fourth-order valence-corrected chi connectivity index (χ4v) is 3.30. The number of anilines is 1. The van der Waals surface area contributed by atoms with Gasteiger partial charge in [-0.25, -0.2) is 4.39 Å². The maximum absolute atomic E-state index is 13.2. The minimum Gasteiger partial charge on any atom is -0.339 e. The van der Waals surface area contributed by atoms with Crippen LogP contribution in [-0.2, 0) is 4.79 Å². The molecule has 0 unspecified atom stereocenters. The van der Waals surface area contributed by atoms with Crippen molar-refractivity contribution in [3.8, 4) is 0 Å². The van der Waals surface area contributed by atoms with Gasteiger partial charge in [0, 0.05) is 30.3 Å². The van der Waals surface area contributed by atoms with E-state index in [0.717, 1.165) is 5.56 Å². The van der Waals surface area contributed by atoms with Gasteiger partial charge in [0.1, 0.15) is 5.82 Å². The molecule has 0 bridgehead atoms. The molecular weight excluding hydrogens is 355 g/mol. The second-order valence-corrected chi connectivity index (χ2v) is 6.96. The zero-order valence-electron chi connectivity index (χ0n) is 14.5. The molecule has 1 heterocycles. The van der Waals surface area contributed by atoms with Gasteiger partial charge in [-0.3, -0.25) is 9.59 Å². The fraction of sp³-hybridized carbons (Fsp3) is 0.300. The van der Waals surface area contributed by atoms with Crippen LogP contribution < -0.4 is 5.32 Å². The number of piperidine rings is 1. The number of likely N-dealkylation sites (tertiary alicyclic amines) is 1. The molecule has 1 fully saturated rings. The molecule has 1 aliphatic heterocycles. The van der Waals surface area contributed by atoms with Crippen LogP contribution in [0.2, 0.25) is 5.02 Å². The number of amides is 2. The molecule has 136 valence electrons. The average Bonchev–Trinajstić information content (AvgIpc) is 2.64. The topological polar surface area (TPSA) is 49.4 Å². The van der Waals surface area contributed by atoms with Crippen molar-refractivity contribution < 1.29 is 14.0 Å². The van der Waals surface area contributed by atoms with E-state index in [1.54, 1.807) is 4.90 Å². The third-order valence-corrected chi connectivity index (χ3v) is 4.89. The molecule has 0 atom stereocenters. The standard InChI is InChI=1S/C20H20ClFN2O2/c1-13-3-2-4-15(11-13)20(26)24-9-7-14(8-10-24)19(25)23-16-5-6-18(22)17(21)12-16/h2-6,11-12,14H,7-10H2,1H3,(H,23,25). The lowest BCUT2D eigenvalue weighted by Gasteiger charge is -2.31. The number of halogens is 2. The van der Waals surface area contributed by atoms with Crippen molar-refractivity contribution in [2.75, 3.05) is 18.4 Å². The fourth-order valence-electron chi connectivity index (χ4n) is 3.12. The minimum absolute atomic E-state index is 0.00197. The summed E-state index contributed by atoms with van der Waals surface area (Å²) in [6.45, 7) is 3.03. The molecule has 2 aromatic rings. The number of benzene rings is 2. The molecule has 0 saturated carbocycles. The van der Waals surface area contributed by atoms with Crippen LogP contribution in [-0.4, -0.2) is 29.8 Å². The maximum Gasteiger partial charge on any atom is 0.253 e. The van der Waals surface area contributed by atoms with E-state index in [2.05, 4.69) is 5.32 Å². The van der Waals surface area contributed by atoms with Crippen LogP contribution >= 0.6 is 11.6 Å². The number of hydrogen-bond acceptors (Lipinski definition) is 2. The Bertz CT molecular complexity index is 832. The largest absolute Gasteiger partial charge is 0.339 e. The van der Waals surface area contributed by atoms with Gasteiger partial charge in [0.25, 0.3) is 5.91 Å². The van der Waals surface area contributed by atoms with Gasteiger partial charge in [-0.2, -0.15) is 0 Å². The van der Waals surface area contributed by atoms with Crippen molar-refractivity contribution in [2.24, 2.45) is 5.92 Å². The molecule has 1 saturated heterocycles. The highest BCUT2D eigenvalue weighted by atomic mass is 35.5. The number of aryl methyl sites for hydroxylation is 1. The number of carbonyl (C=O) groups is 2. The Balaban J connectivity index is 1.56. The molecule has 2 amide bonds. The highest BCUT2D eigenvalue weighted by Gasteiger charge is 2.28. The first-order chi connectivity index (χ1) is 12.4. The van der Waals surface area contributed by atoms with E-state index in [1.165, 1.54) is 18.2 Å². The Labute approximate surface area is 157 Å². The van der Waals surface area contributed by atoms with Crippen LogP contribution in [0.3, 0.4) is 0 Å². The van der Waals surface area contributed by atoms with Gasteiger partial charge in [-0.05, 0) is 50.1 Å². The van der Waals surface area contributed by atoms with E-state index in [1.807, 2.05) is 31.2 Å². The Morgan fingerprint density at radius 1 is 1.15 bits per heavy atom. The van der Waals surface area contributed by atoms with Gasteiger partial charge in [-0.15, -0.1) is 0 Å². The zero-order valence-corrected chi connectivity index (χ0v) is 15.2. The quantitative estimate of drug-likeness (QED) is 0.871. The lowest BCUT2D eigenvalue weighted by molar-refractivity contribution is -0.121. The van der Waals surface area contributed by atoms with Gasteiger partial charge in [-0.1, -0.05) is 29.3 Å². The first-order valence-electron chi connectivity index (χ1n) is 8.56. The van der Waals surface area contributed by atoms with Crippen molar-refractivity contribution >= 4 is 29.1 Å². The second-order valence-electron chi connectivity index (χ2n) is 6.55. The molecule has 0 aromatic heterocycles. The van der Waals surface area contributed by atoms with Crippen molar-refractivity contribution in [1.82, 2.24) is 4.90 Å². The molecule has 0 radical (unpaired) electrons. The second kappa shape index (κ2) is 7.87. The lowest BCUT2D eigenvalue weighted by Crippen LogP contribution is -2.41. The van der Waals surface area contributed by atoms with E-state index in [0.29, 0.717) is 37.2 Å². The van der Waals surface area contributed by atoms with E-state index >= 15 is 0 Å². The van der Waals surface area contributed by atoms with Crippen LogP contribution in [0.1, 0.15) is 28.8 Å². The number of nitrogens with zero attached hydrogens (tertiary/aromatic N) is 1. The molecule has 0 spiro atoms. The molecule has 1 aliphatic rings. The van der Waals surface area contributed by atoms with Gasteiger partial charge in [0.2, 0.25) is 5.91 Å².